The number of hydrogen-bond donors (Lipinski definition) is 1. The van der Waals surface area contributed by atoms with Gasteiger partial charge in [0.05, 0.1) is 0 Å². The molecule has 106 valence electrons. The van der Waals surface area contributed by atoms with Gasteiger partial charge in [0.15, 0.2) is 0 Å². The van der Waals surface area contributed by atoms with E-state index in [1.165, 1.54) is 47.4 Å². The number of nitrogens with one attached hydrogen (secondary N) is 1. The number of thiophene rings is 1. The van der Waals surface area contributed by atoms with E-state index >= 15 is 0 Å². The molecule has 2 fully saturated rings. The molecule has 2 aliphatic rings. The van der Waals surface area contributed by atoms with Crippen LogP contribution in [0.1, 0.15) is 47.4 Å². The molecule has 0 aromatic carbocycles. The minimum absolute atomic E-state index is 0.728. The zero-order valence-electron chi connectivity index (χ0n) is 12.4. The summed E-state index contributed by atoms with van der Waals surface area (Å²) in [5.41, 5.74) is 1.51. The van der Waals surface area contributed by atoms with Crippen LogP contribution in [0, 0.1) is 13.8 Å². The van der Waals surface area contributed by atoms with E-state index in [4.69, 9.17) is 0 Å². The lowest BCUT2D eigenvalue weighted by Crippen LogP contribution is -2.54. The topological polar surface area (TPSA) is 15.3 Å². The number of nitrogens with zero attached hydrogens (tertiary/aromatic N) is 1. The minimum Gasteiger partial charge on any atom is -0.310 e. The van der Waals surface area contributed by atoms with Gasteiger partial charge in [-0.05, 0) is 58.2 Å². The van der Waals surface area contributed by atoms with E-state index < -0.39 is 0 Å². The van der Waals surface area contributed by atoms with E-state index in [0.29, 0.717) is 0 Å². The molecule has 0 saturated carbocycles. The van der Waals surface area contributed by atoms with Gasteiger partial charge in [-0.2, -0.15) is 0 Å². The standard InChI is InChI=1S/C16H26N2S/c1-11-7-13(12(2)19-11)10-17-14-8-15-5-4-6-16(9-14)18(15)3/h7,14-17H,4-6,8-10H2,1-3H3. The Kier molecular flexibility index (Phi) is 3.97. The molecule has 3 heterocycles. The molecule has 2 atom stereocenters. The fraction of sp³-hybridized carbons (Fsp3) is 0.750. The lowest BCUT2D eigenvalue weighted by atomic mass is 9.82. The van der Waals surface area contributed by atoms with Crippen LogP contribution < -0.4 is 5.32 Å². The number of hydrogen-bond acceptors (Lipinski definition) is 3. The molecule has 1 N–H and O–H groups in total. The third-order valence-electron chi connectivity index (χ3n) is 5.06. The maximum Gasteiger partial charge on any atom is 0.0219 e. The maximum absolute atomic E-state index is 3.82. The van der Waals surface area contributed by atoms with Crippen LogP contribution in [0.5, 0.6) is 0 Å². The summed E-state index contributed by atoms with van der Waals surface area (Å²) in [7, 11) is 2.33. The van der Waals surface area contributed by atoms with Crippen molar-refractivity contribution >= 4 is 11.3 Å². The monoisotopic (exact) mass is 278 g/mol. The maximum atomic E-state index is 3.82. The largest absolute Gasteiger partial charge is 0.310 e. The van der Waals surface area contributed by atoms with Gasteiger partial charge >= 0.3 is 0 Å². The molecule has 2 bridgehead atoms. The Balaban J connectivity index is 1.58. The Hall–Kier alpha value is -0.380. The fourth-order valence-corrected chi connectivity index (χ4v) is 4.84. The van der Waals surface area contributed by atoms with Crippen LogP contribution in [0.3, 0.4) is 0 Å². The van der Waals surface area contributed by atoms with E-state index in [1.807, 2.05) is 11.3 Å². The molecule has 0 aliphatic carbocycles. The Morgan fingerprint density at radius 2 is 1.95 bits per heavy atom. The van der Waals surface area contributed by atoms with Crippen LogP contribution in [0.2, 0.25) is 0 Å². The Morgan fingerprint density at radius 3 is 2.53 bits per heavy atom. The van der Waals surface area contributed by atoms with Crippen molar-refractivity contribution in [3.05, 3.63) is 21.4 Å². The molecule has 3 heteroatoms. The van der Waals surface area contributed by atoms with Crippen molar-refractivity contribution in [1.82, 2.24) is 10.2 Å². The molecule has 2 nitrogen and oxygen atoms in total. The van der Waals surface area contributed by atoms with Crippen LogP contribution in [-0.2, 0) is 6.54 Å². The van der Waals surface area contributed by atoms with Gasteiger partial charge < -0.3 is 10.2 Å². The lowest BCUT2D eigenvalue weighted by Gasteiger charge is -2.47. The van der Waals surface area contributed by atoms with Crippen LogP contribution in [0.15, 0.2) is 6.07 Å². The van der Waals surface area contributed by atoms with Crippen LogP contribution in [-0.4, -0.2) is 30.1 Å². The van der Waals surface area contributed by atoms with Crippen LogP contribution in [0.4, 0.5) is 0 Å². The van der Waals surface area contributed by atoms with Crippen molar-refractivity contribution in [3.63, 3.8) is 0 Å². The SMILES string of the molecule is Cc1cc(CNC2CC3CCCC(C2)N3C)c(C)s1. The summed E-state index contributed by atoms with van der Waals surface area (Å²) in [6, 6.07) is 4.74. The minimum atomic E-state index is 0.728. The smallest absolute Gasteiger partial charge is 0.0219 e. The van der Waals surface area contributed by atoms with Crippen LogP contribution >= 0.6 is 11.3 Å². The summed E-state index contributed by atoms with van der Waals surface area (Å²) in [4.78, 5) is 5.56. The van der Waals surface area contributed by atoms with Gasteiger partial charge in [-0.15, -0.1) is 11.3 Å². The molecule has 0 radical (unpaired) electrons. The van der Waals surface area contributed by atoms with E-state index in [9.17, 15) is 0 Å². The number of fused-ring (bicyclic) bond motifs is 2. The molecule has 0 amide bonds. The van der Waals surface area contributed by atoms with Crippen molar-refractivity contribution in [2.75, 3.05) is 7.05 Å². The van der Waals surface area contributed by atoms with Crippen molar-refractivity contribution < 1.29 is 0 Å². The first-order chi connectivity index (χ1) is 9.13. The summed E-state index contributed by atoms with van der Waals surface area (Å²) < 4.78 is 0. The predicted molar refractivity (Wildman–Crippen MR) is 82.8 cm³/mol. The molecule has 0 spiro atoms. The van der Waals surface area contributed by atoms with E-state index in [2.05, 4.69) is 37.2 Å². The van der Waals surface area contributed by atoms with Gasteiger partial charge in [0.25, 0.3) is 0 Å². The van der Waals surface area contributed by atoms with E-state index in [1.54, 1.807) is 0 Å². The second-order valence-electron chi connectivity index (χ2n) is 6.39. The lowest BCUT2D eigenvalue weighted by molar-refractivity contribution is 0.0482. The zero-order valence-corrected chi connectivity index (χ0v) is 13.2. The summed E-state index contributed by atoms with van der Waals surface area (Å²) in [6.07, 6.45) is 6.93. The van der Waals surface area contributed by atoms with E-state index in [-0.39, 0.29) is 0 Å². The zero-order chi connectivity index (χ0) is 13.4. The van der Waals surface area contributed by atoms with Gasteiger partial charge in [-0.25, -0.2) is 0 Å². The second-order valence-corrected chi connectivity index (χ2v) is 7.85. The summed E-state index contributed by atoms with van der Waals surface area (Å²) in [6.45, 7) is 5.52. The quantitative estimate of drug-likeness (QED) is 0.911. The molecule has 2 unspecified atom stereocenters. The molecule has 19 heavy (non-hydrogen) atoms. The first-order valence-electron chi connectivity index (χ1n) is 7.64. The Morgan fingerprint density at radius 1 is 1.26 bits per heavy atom. The van der Waals surface area contributed by atoms with Crippen molar-refractivity contribution in [1.29, 1.82) is 0 Å². The third-order valence-corrected chi connectivity index (χ3v) is 6.07. The Labute approximate surface area is 121 Å². The van der Waals surface area contributed by atoms with Gasteiger partial charge in [0, 0.05) is 34.4 Å². The molecule has 2 saturated heterocycles. The normalized spacial score (nSPS) is 31.6. The third kappa shape index (κ3) is 2.88. The van der Waals surface area contributed by atoms with Crippen molar-refractivity contribution in [2.45, 2.75) is 70.6 Å². The van der Waals surface area contributed by atoms with Gasteiger partial charge in [0.1, 0.15) is 0 Å². The predicted octanol–water partition coefficient (Wildman–Crippen LogP) is 3.47. The van der Waals surface area contributed by atoms with Crippen molar-refractivity contribution in [3.8, 4) is 0 Å². The van der Waals surface area contributed by atoms with Gasteiger partial charge in [-0.1, -0.05) is 6.42 Å². The average Bonchev–Trinajstić information content (AvgIpc) is 2.66. The summed E-state index contributed by atoms with van der Waals surface area (Å²) >= 11 is 1.92. The van der Waals surface area contributed by atoms with E-state index in [0.717, 1.165) is 24.7 Å². The molecule has 1 aromatic heterocycles. The highest BCUT2D eigenvalue weighted by molar-refractivity contribution is 7.12. The van der Waals surface area contributed by atoms with Gasteiger partial charge in [-0.3, -0.25) is 0 Å². The molecule has 2 aliphatic heterocycles. The summed E-state index contributed by atoms with van der Waals surface area (Å²) in [5, 5.41) is 3.82. The molecular formula is C16H26N2S. The molecule has 1 aromatic rings. The summed E-state index contributed by atoms with van der Waals surface area (Å²) in [5.74, 6) is 0. The number of piperidine rings is 2. The van der Waals surface area contributed by atoms with Crippen LogP contribution in [0.25, 0.3) is 0 Å². The van der Waals surface area contributed by atoms with Crippen molar-refractivity contribution in [2.24, 2.45) is 0 Å². The molecule has 3 rings (SSSR count). The fourth-order valence-electron chi connectivity index (χ4n) is 3.90. The average molecular weight is 278 g/mol. The first kappa shape index (κ1) is 13.6. The highest BCUT2D eigenvalue weighted by Crippen LogP contribution is 2.32. The van der Waals surface area contributed by atoms with Gasteiger partial charge in [0.2, 0.25) is 0 Å². The second kappa shape index (κ2) is 5.55. The highest BCUT2D eigenvalue weighted by atomic mass is 32.1. The number of rotatable bonds is 3. The number of aryl methyl sites for hydroxylation is 2. The highest BCUT2D eigenvalue weighted by Gasteiger charge is 2.35. The first-order valence-corrected chi connectivity index (χ1v) is 8.46. The molecular weight excluding hydrogens is 252 g/mol. The Bertz CT molecular complexity index is 426.